The highest BCUT2D eigenvalue weighted by Crippen LogP contribution is 2.43. The van der Waals surface area contributed by atoms with Gasteiger partial charge in [0.25, 0.3) is 5.91 Å². The van der Waals surface area contributed by atoms with E-state index in [1.165, 1.54) is 6.92 Å². The number of nitrogens with zero attached hydrogens (tertiary/aromatic N) is 2. The highest BCUT2D eigenvalue weighted by Gasteiger charge is 2.57. The molecule has 8 nitrogen and oxygen atoms in total. The number of ether oxygens (including phenoxy) is 1. The number of hydrogen-bond donors (Lipinski definition) is 1. The Hall–Kier alpha value is -4.92. The lowest BCUT2D eigenvalue weighted by Gasteiger charge is -2.52. The highest BCUT2D eigenvalue weighted by atomic mass is 16.6. The van der Waals surface area contributed by atoms with Crippen molar-refractivity contribution in [1.29, 1.82) is 0 Å². The molecule has 0 spiro atoms. The van der Waals surface area contributed by atoms with E-state index in [1.54, 1.807) is 16.7 Å². The summed E-state index contributed by atoms with van der Waals surface area (Å²) in [7, 11) is 0. The molecule has 0 radical (unpaired) electrons. The van der Waals surface area contributed by atoms with Gasteiger partial charge in [-0.05, 0) is 43.0 Å². The summed E-state index contributed by atoms with van der Waals surface area (Å²) in [5, 5.41) is 10.2. The van der Waals surface area contributed by atoms with Crippen molar-refractivity contribution in [1.82, 2.24) is 9.80 Å². The maximum Gasteiger partial charge on any atom is 0.255 e. The van der Waals surface area contributed by atoms with Crippen molar-refractivity contribution < 1.29 is 29.0 Å². The lowest BCUT2D eigenvalue weighted by Crippen LogP contribution is -2.69. The van der Waals surface area contributed by atoms with Gasteiger partial charge in [-0.15, -0.1) is 0 Å². The monoisotopic (exact) mass is 718 g/mol. The molecule has 0 aliphatic carbocycles. The van der Waals surface area contributed by atoms with E-state index < -0.39 is 29.6 Å². The van der Waals surface area contributed by atoms with E-state index in [-0.39, 0.29) is 48.1 Å². The minimum Gasteiger partial charge on any atom is -0.392 e. The minimum absolute atomic E-state index is 0.0233. The smallest absolute Gasteiger partial charge is 0.255 e. The maximum absolute atomic E-state index is 13.2. The summed E-state index contributed by atoms with van der Waals surface area (Å²) < 4.78 is 5.36. The van der Waals surface area contributed by atoms with Gasteiger partial charge in [-0.25, -0.2) is 0 Å². The summed E-state index contributed by atoms with van der Waals surface area (Å²) in [4.78, 5) is 54.2. The first-order valence-corrected chi connectivity index (χ1v) is 18.5. The van der Waals surface area contributed by atoms with Gasteiger partial charge in [0.1, 0.15) is 11.8 Å². The summed E-state index contributed by atoms with van der Waals surface area (Å²) in [6.07, 6.45) is -1.39. The van der Waals surface area contributed by atoms with Gasteiger partial charge in [-0.2, -0.15) is 0 Å². The summed E-state index contributed by atoms with van der Waals surface area (Å²) in [5.74, 6) is -1.06. The molecule has 0 saturated carbocycles. The van der Waals surface area contributed by atoms with Gasteiger partial charge >= 0.3 is 0 Å². The Labute approximate surface area is 314 Å². The predicted octanol–water partition coefficient (Wildman–Crippen LogP) is 7.61. The van der Waals surface area contributed by atoms with Crippen LogP contribution in [0.15, 0.2) is 121 Å². The van der Waals surface area contributed by atoms with Crippen molar-refractivity contribution in [3.05, 3.63) is 144 Å². The molecule has 0 bridgehead atoms. The number of aliphatic hydroxyl groups is 1. The average molecular weight is 719 g/mol. The van der Waals surface area contributed by atoms with Crippen LogP contribution in [0.4, 0.5) is 0 Å². The van der Waals surface area contributed by atoms with Crippen molar-refractivity contribution in [2.75, 3.05) is 6.54 Å². The number of β-lactam (4-membered cyclic amide) rings is 1. The van der Waals surface area contributed by atoms with E-state index in [4.69, 9.17) is 4.74 Å². The Kier molecular flexibility index (Phi) is 14.0. The lowest BCUT2D eigenvalue weighted by atomic mass is 9.72. The molecular formula is C45H54N2O6. The number of rotatable bonds is 11. The number of carbonyl (C=O) groups is 4. The van der Waals surface area contributed by atoms with Crippen LogP contribution in [0.3, 0.4) is 0 Å². The average Bonchev–Trinajstić information content (AvgIpc) is 3.90. The number of amides is 2. The summed E-state index contributed by atoms with van der Waals surface area (Å²) in [5.41, 5.74) is 3.26. The molecule has 53 heavy (non-hydrogen) atoms. The zero-order valence-electron chi connectivity index (χ0n) is 32.2. The fourth-order valence-corrected chi connectivity index (χ4v) is 6.78. The van der Waals surface area contributed by atoms with Gasteiger partial charge in [0.15, 0.2) is 11.9 Å². The van der Waals surface area contributed by atoms with Crippen molar-refractivity contribution in [3.8, 4) is 0 Å². The van der Waals surface area contributed by atoms with Crippen molar-refractivity contribution >= 4 is 23.4 Å². The van der Waals surface area contributed by atoms with Gasteiger partial charge in [-0.3, -0.25) is 19.2 Å². The molecule has 5 atom stereocenters. The van der Waals surface area contributed by atoms with Crippen LogP contribution in [0.2, 0.25) is 0 Å². The summed E-state index contributed by atoms with van der Waals surface area (Å²) in [6.45, 7) is 14.6. The second-order valence-corrected chi connectivity index (χ2v) is 14.4. The molecule has 0 unspecified atom stereocenters. The number of aliphatic hydroxyl groups excluding tert-OH is 1. The third kappa shape index (κ3) is 9.75. The SMILES string of the molecule is CC.CC(=O)CN(C(=O)[C@@H]1O[C@@H]1C)C(c1ccccc1)c1ccccc1.C[C@@H](O)[C@H]1C(=O)N(C(c2ccccc2)c2ccccc2)[C@@H]1C(=O)C(C)(C)C. The summed E-state index contributed by atoms with van der Waals surface area (Å²) in [6, 6.07) is 37.8. The van der Waals surface area contributed by atoms with Crippen molar-refractivity contribution in [3.63, 3.8) is 0 Å². The molecule has 1 N–H and O–H groups in total. The molecule has 6 rings (SSSR count). The number of epoxide rings is 1. The molecule has 2 aliphatic heterocycles. The van der Waals surface area contributed by atoms with E-state index in [0.29, 0.717) is 0 Å². The van der Waals surface area contributed by atoms with Crippen LogP contribution < -0.4 is 0 Å². The zero-order chi connectivity index (χ0) is 38.9. The van der Waals surface area contributed by atoms with Crippen LogP contribution in [-0.2, 0) is 23.9 Å². The van der Waals surface area contributed by atoms with Crippen molar-refractivity contribution in [2.45, 2.75) is 91.8 Å². The number of carbonyl (C=O) groups excluding carboxylic acids is 4. The normalized spacial score (nSPS) is 19.5. The number of Topliss-reactive ketones (excluding diaryl/α,β-unsaturated/α-hetero) is 2. The van der Waals surface area contributed by atoms with Crippen LogP contribution in [0.5, 0.6) is 0 Å². The lowest BCUT2D eigenvalue weighted by molar-refractivity contribution is -0.175. The van der Waals surface area contributed by atoms with Gasteiger partial charge in [0.05, 0.1) is 36.8 Å². The van der Waals surface area contributed by atoms with Crippen LogP contribution in [0, 0.1) is 11.3 Å². The Morgan fingerprint density at radius 3 is 1.45 bits per heavy atom. The van der Waals surface area contributed by atoms with Gasteiger partial charge in [0, 0.05) is 5.41 Å². The van der Waals surface area contributed by atoms with E-state index in [0.717, 1.165) is 22.3 Å². The number of benzene rings is 4. The molecule has 4 aromatic rings. The molecular weight excluding hydrogens is 665 g/mol. The van der Waals surface area contributed by atoms with Gasteiger partial charge in [-0.1, -0.05) is 156 Å². The maximum atomic E-state index is 13.2. The van der Waals surface area contributed by atoms with E-state index in [9.17, 15) is 24.3 Å². The molecule has 2 fully saturated rings. The third-order valence-electron chi connectivity index (χ3n) is 9.39. The second kappa shape index (κ2) is 18.2. The Morgan fingerprint density at radius 1 is 0.755 bits per heavy atom. The molecule has 4 aromatic carbocycles. The molecule has 0 aromatic heterocycles. The van der Waals surface area contributed by atoms with Gasteiger partial charge in [0.2, 0.25) is 5.91 Å². The molecule has 2 aliphatic rings. The quantitative estimate of drug-likeness (QED) is 0.126. The fraction of sp³-hybridized carbons (Fsp3) is 0.378. The van der Waals surface area contributed by atoms with Gasteiger partial charge < -0.3 is 19.6 Å². The van der Waals surface area contributed by atoms with Crippen molar-refractivity contribution in [2.24, 2.45) is 11.3 Å². The number of likely N-dealkylation sites (tertiary alicyclic amines) is 1. The largest absolute Gasteiger partial charge is 0.392 e. The standard InChI is InChI=1S/C23H27NO3.C20H21NO3.C2H6/c1-15(25)18-20(21(26)23(2,3)4)24(22(18)27)19(16-11-7-5-8-12-16)17-13-9-6-10-14-17;1-14(22)13-21(20(23)19-15(2)24-19)18(16-9-5-3-6-10-16)17-11-7-4-8-12-17;1-2/h5-15,18-20,25H,1-4H3;3-12,15,18-19H,13H2,1-2H3;1-2H3/t15-,18-,20+;15-,19-;/m11./s1. The van der Waals surface area contributed by atoms with Crippen LogP contribution in [-0.4, -0.2) is 69.2 Å². The molecule has 8 heteroatoms. The van der Waals surface area contributed by atoms with Crippen LogP contribution in [0.25, 0.3) is 0 Å². The highest BCUT2D eigenvalue weighted by molar-refractivity contribution is 6.03. The second-order valence-electron chi connectivity index (χ2n) is 14.4. The number of ketones is 2. The zero-order valence-corrected chi connectivity index (χ0v) is 32.2. The topological polar surface area (TPSA) is 108 Å². The minimum atomic E-state index is -0.864. The molecule has 2 amide bonds. The first-order chi connectivity index (χ1) is 25.3. The van der Waals surface area contributed by atoms with E-state index in [2.05, 4.69) is 0 Å². The fourth-order valence-electron chi connectivity index (χ4n) is 6.78. The molecule has 280 valence electrons. The Balaban J connectivity index is 0.000000228. The number of hydrogen-bond acceptors (Lipinski definition) is 6. The van der Waals surface area contributed by atoms with E-state index in [1.807, 2.05) is 163 Å². The molecule has 2 saturated heterocycles. The Bertz CT molecular complexity index is 1710. The van der Waals surface area contributed by atoms with E-state index >= 15 is 0 Å². The third-order valence-corrected chi connectivity index (χ3v) is 9.39. The summed E-state index contributed by atoms with van der Waals surface area (Å²) >= 11 is 0. The van der Waals surface area contributed by atoms with Crippen LogP contribution >= 0.6 is 0 Å². The molecule has 2 heterocycles. The first-order valence-electron chi connectivity index (χ1n) is 18.5. The first kappa shape index (κ1) is 40.8. The predicted molar refractivity (Wildman–Crippen MR) is 208 cm³/mol. The Morgan fingerprint density at radius 2 is 1.13 bits per heavy atom. The van der Waals surface area contributed by atoms with Crippen LogP contribution in [0.1, 0.15) is 89.7 Å².